The van der Waals surface area contributed by atoms with Crippen molar-refractivity contribution in [3.8, 4) is 0 Å². The fourth-order valence-corrected chi connectivity index (χ4v) is 2.61. The van der Waals surface area contributed by atoms with Crippen LogP contribution in [0.15, 0.2) is 23.0 Å². The summed E-state index contributed by atoms with van der Waals surface area (Å²) in [6, 6.07) is 0. The molecular weight excluding hydrogens is 437 g/mol. The Balaban J connectivity index is 0.00000288. The molecule has 132 valence electrons. The summed E-state index contributed by atoms with van der Waals surface area (Å²) in [5, 5.41) is 14.6. The summed E-state index contributed by atoms with van der Waals surface area (Å²) < 4.78 is 1.94. The van der Waals surface area contributed by atoms with E-state index in [0.717, 1.165) is 28.3 Å². The number of aryl methyl sites for hydroxylation is 2. The first kappa shape index (κ1) is 20.6. The Hall–Kier alpha value is -1.49. The third-order valence-electron chi connectivity index (χ3n) is 3.38. The molecule has 2 rings (SSSR count). The summed E-state index contributed by atoms with van der Waals surface area (Å²) in [6.45, 7) is 9.49. The van der Waals surface area contributed by atoms with E-state index in [1.807, 2.05) is 43.5 Å². The predicted molar refractivity (Wildman–Crippen MR) is 109 cm³/mol. The molecule has 2 aromatic heterocycles. The van der Waals surface area contributed by atoms with Gasteiger partial charge in [0.25, 0.3) is 0 Å². The summed E-state index contributed by atoms with van der Waals surface area (Å²) >= 11 is 1.66. The number of thiazole rings is 1. The van der Waals surface area contributed by atoms with Gasteiger partial charge in [-0.1, -0.05) is 6.08 Å². The number of hydrogen-bond donors (Lipinski definition) is 1. The molecule has 0 atom stereocenters. The second-order valence-corrected chi connectivity index (χ2v) is 6.31. The molecule has 0 fully saturated rings. The van der Waals surface area contributed by atoms with Gasteiger partial charge in [-0.05, 0) is 13.8 Å². The highest BCUT2D eigenvalue weighted by Gasteiger charge is 2.10. The van der Waals surface area contributed by atoms with Gasteiger partial charge in [0.1, 0.15) is 12.4 Å². The Kier molecular flexibility index (Phi) is 8.32. The Morgan fingerprint density at radius 3 is 2.75 bits per heavy atom. The van der Waals surface area contributed by atoms with E-state index in [2.05, 4.69) is 37.4 Å². The maximum absolute atomic E-state index is 4.64. The molecule has 0 aromatic carbocycles. The number of halogens is 1. The van der Waals surface area contributed by atoms with Crippen molar-refractivity contribution in [3.63, 3.8) is 0 Å². The molecule has 0 saturated carbocycles. The SMILES string of the molecule is C=CCNC(=NCc1nnc(C)n1C)N(C)Cc1csc(C)n1.I. The molecule has 0 saturated heterocycles. The second kappa shape index (κ2) is 9.72. The lowest BCUT2D eigenvalue weighted by molar-refractivity contribution is 0.471. The Morgan fingerprint density at radius 2 is 2.21 bits per heavy atom. The fraction of sp³-hybridized carbons (Fsp3) is 0.467. The van der Waals surface area contributed by atoms with E-state index in [9.17, 15) is 0 Å². The third kappa shape index (κ3) is 5.55. The first-order chi connectivity index (χ1) is 11.0. The molecule has 9 heteroatoms. The molecule has 0 bridgehead atoms. The predicted octanol–water partition coefficient (Wildman–Crippen LogP) is 2.27. The van der Waals surface area contributed by atoms with Gasteiger partial charge in [-0.3, -0.25) is 0 Å². The summed E-state index contributed by atoms with van der Waals surface area (Å²) in [4.78, 5) is 11.2. The lowest BCUT2D eigenvalue weighted by Crippen LogP contribution is -2.38. The quantitative estimate of drug-likeness (QED) is 0.309. The van der Waals surface area contributed by atoms with Crippen molar-refractivity contribution in [2.75, 3.05) is 13.6 Å². The van der Waals surface area contributed by atoms with E-state index in [0.29, 0.717) is 19.6 Å². The van der Waals surface area contributed by atoms with E-state index in [1.165, 1.54) is 0 Å². The van der Waals surface area contributed by atoms with Crippen molar-refractivity contribution in [2.24, 2.45) is 12.0 Å². The first-order valence-electron chi connectivity index (χ1n) is 7.37. The minimum atomic E-state index is 0. The highest BCUT2D eigenvalue weighted by molar-refractivity contribution is 14.0. The van der Waals surface area contributed by atoms with Crippen molar-refractivity contribution < 1.29 is 0 Å². The third-order valence-corrected chi connectivity index (χ3v) is 4.21. The number of aromatic nitrogens is 4. The monoisotopic (exact) mass is 461 g/mol. The van der Waals surface area contributed by atoms with Crippen LogP contribution in [0.5, 0.6) is 0 Å². The number of hydrogen-bond acceptors (Lipinski definition) is 5. The molecule has 1 N–H and O–H groups in total. The Morgan fingerprint density at radius 1 is 1.46 bits per heavy atom. The highest BCUT2D eigenvalue weighted by Crippen LogP contribution is 2.10. The number of nitrogens with zero attached hydrogens (tertiary/aromatic N) is 6. The van der Waals surface area contributed by atoms with Gasteiger partial charge in [0.05, 0.1) is 17.2 Å². The van der Waals surface area contributed by atoms with Crippen LogP contribution in [0.2, 0.25) is 0 Å². The zero-order valence-corrected chi connectivity index (χ0v) is 17.6. The topological polar surface area (TPSA) is 71.2 Å². The molecule has 0 amide bonds. The average molecular weight is 461 g/mol. The molecule has 0 aliphatic carbocycles. The molecule has 0 unspecified atom stereocenters. The Labute approximate surface area is 163 Å². The van der Waals surface area contributed by atoms with Crippen LogP contribution in [-0.4, -0.2) is 44.2 Å². The molecule has 7 nitrogen and oxygen atoms in total. The molecule has 0 aliphatic heterocycles. The van der Waals surface area contributed by atoms with Gasteiger partial charge >= 0.3 is 0 Å². The lowest BCUT2D eigenvalue weighted by Gasteiger charge is -2.21. The summed E-state index contributed by atoms with van der Waals surface area (Å²) in [7, 11) is 3.93. The normalized spacial score (nSPS) is 11.1. The van der Waals surface area contributed by atoms with E-state index in [-0.39, 0.29) is 24.0 Å². The van der Waals surface area contributed by atoms with Crippen LogP contribution in [-0.2, 0) is 20.1 Å². The number of rotatable bonds is 6. The Bertz CT molecular complexity index is 692. The molecular formula is C15H24IN7S. The van der Waals surface area contributed by atoms with Gasteiger partial charge in [-0.2, -0.15) is 0 Å². The summed E-state index contributed by atoms with van der Waals surface area (Å²) in [5.74, 6) is 2.50. The fourth-order valence-electron chi connectivity index (χ4n) is 2.01. The van der Waals surface area contributed by atoms with Crippen LogP contribution < -0.4 is 5.32 Å². The zero-order chi connectivity index (χ0) is 16.8. The van der Waals surface area contributed by atoms with Gasteiger partial charge in [0, 0.05) is 26.0 Å². The number of guanidine groups is 1. The average Bonchev–Trinajstić information content (AvgIpc) is 3.07. The van der Waals surface area contributed by atoms with Crippen molar-refractivity contribution in [2.45, 2.75) is 26.9 Å². The molecule has 0 radical (unpaired) electrons. The van der Waals surface area contributed by atoms with Crippen LogP contribution in [0.4, 0.5) is 0 Å². The van der Waals surface area contributed by atoms with Crippen molar-refractivity contribution in [1.29, 1.82) is 0 Å². The van der Waals surface area contributed by atoms with E-state index in [1.54, 1.807) is 11.3 Å². The van der Waals surface area contributed by atoms with Crippen molar-refractivity contribution >= 4 is 41.3 Å². The molecule has 0 aliphatic rings. The second-order valence-electron chi connectivity index (χ2n) is 5.25. The van der Waals surface area contributed by atoms with Gasteiger partial charge in [-0.25, -0.2) is 9.98 Å². The number of aliphatic imine (C=N–C) groups is 1. The molecule has 0 spiro atoms. The van der Waals surface area contributed by atoms with Crippen LogP contribution in [0.1, 0.15) is 22.4 Å². The minimum Gasteiger partial charge on any atom is -0.353 e. The van der Waals surface area contributed by atoms with E-state index in [4.69, 9.17) is 0 Å². The van der Waals surface area contributed by atoms with Gasteiger partial charge < -0.3 is 14.8 Å². The zero-order valence-electron chi connectivity index (χ0n) is 14.5. The van der Waals surface area contributed by atoms with Crippen LogP contribution in [0.25, 0.3) is 0 Å². The van der Waals surface area contributed by atoms with Crippen LogP contribution in [0, 0.1) is 13.8 Å². The maximum Gasteiger partial charge on any atom is 0.194 e. The van der Waals surface area contributed by atoms with Gasteiger partial charge in [0.15, 0.2) is 11.8 Å². The van der Waals surface area contributed by atoms with Crippen LogP contribution in [0.3, 0.4) is 0 Å². The highest BCUT2D eigenvalue weighted by atomic mass is 127. The van der Waals surface area contributed by atoms with Gasteiger partial charge in [-0.15, -0.1) is 52.1 Å². The minimum absolute atomic E-state index is 0. The van der Waals surface area contributed by atoms with Crippen molar-refractivity contribution in [3.05, 3.63) is 40.4 Å². The summed E-state index contributed by atoms with van der Waals surface area (Å²) in [5.41, 5.74) is 1.04. The molecule has 2 heterocycles. The molecule has 24 heavy (non-hydrogen) atoms. The lowest BCUT2D eigenvalue weighted by atomic mass is 10.4. The smallest absolute Gasteiger partial charge is 0.194 e. The summed E-state index contributed by atoms with van der Waals surface area (Å²) in [6.07, 6.45) is 1.81. The first-order valence-corrected chi connectivity index (χ1v) is 8.25. The number of nitrogens with one attached hydrogen (secondary N) is 1. The van der Waals surface area contributed by atoms with Crippen molar-refractivity contribution in [1.82, 2.24) is 30.0 Å². The standard InChI is InChI=1S/C15H23N7S.HI/c1-6-7-16-15(17-8-14-20-19-11(2)22(14)5)21(4)9-13-10-23-12(3)18-13;/h6,10H,1,7-9H2,2-5H3,(H,16,17);1H. The maximum atomic E-state index is 4.64. The molecule has 2 aromatic rings. The van der Waals surface area contributed by atoms with E-state index < -0.39 is 0 Å². The largest absolute Gasteiger partial charge is 0.353 e. The van der Waals surface area contributed by atoms with Gasteiger partial charge in [0.2, 0.25) is 0 Å². The van der Waals surface area contributed by atoms with Crippen LogP contribution >= 0.6 is 35.3 Å². The van der Waals surface area contributed by atoms with E-state index >= 15 is 0 Å².